The molecule has 2 fully saturated rings. The van der Waals surface area contributed by atoms with E-state index in [0.29, 0.717) is 6.54 Å². The first kappa shape index (κ1) is 19.9. The molecule has 0 radical (unpaired) electrons. The van der Waals surface area contributed by atoms with Gasteiger partial charge in [0.1, 0.15) is 5.54 Å². The Bertz CT molecular complexity index is 857. The highest BCUT2D eigenvalue weighted by molar-refractivity contribution is 5.87. The number of piperidine rings is 1. The smallest absolute Gasteiger partial charge is 0.243 e. The molecule has 1 unspecified atom stereocenters. The lowest BCUT2D eigenvalue weighted by Gasteiger charge is -2.45. The van der Waals surface area contributed by atoms with Crippen LogP contribution >= 0.6 is 0 Å². The minimum atomic E-state index is -0.425. The first-order valence-corrected chi connectivity index (χ1v) is 10.5. The molecule has 2 aliphatic heterocycles. The number of hydrogen-bond acceptors (Lipinski definition) is 3. The number of benzene rings is 2. The van der Waals surface area contributed by atoms with Crippen LogP contribution in [0, 0.1) is 5.82 Å². The molecule has 0 bridgehead atoms. The van der Waals surface area contributed by atoms with Crippen molar-refractivity contribution in [1.29, 1.82) is 0 Å². The molecule has 0 aliphatic carbocycles. The zero-order valence-corrected chi connectivity index (χ0v) is 17.1. The van der Waals surface area contributed by atoms with Crippen LogP contribution < -0.4 is 4.74 Å². The first-order valence-electron chi connectivity index (χ1n) is 10.5. The molecular formula is C24H29FN2O2. The van der Waals surface area contributed by atoms with Gasteiger partial charge in [0, 0.05) is 19.6 Å². The summed E-state index contributed by atoms with van der Waals surface area (Å²) in [5.41, 5.74) is 1.72. The number of likely N-dealkylation sites (tertiary alicyclic amines) is 2. The second-order valence-corrected chi connectivity index (χ2v) is 8.16. The maximum absolute atomic E-state index is 14.1. The van der Waals surface area contributed by atoms with Gasteiger partial charge < -0.3 is 9.64 Å². The molecule has 2 aliphatic rings. The number of methoxy groups -OCH3 is 1. The lowest BCUT2D eigenvalue weighted by molar-refractivity contribution is -0.147. The number of nitrogens with zero attached hydrogens (tertiary/aromatic N) is 2. The summed E-state index contributed by atoms with van der Waals surface area (Å²) in [7, 11) is 1.47. The number of ether oxygens (including phenoxy) is 1. The monoisotopic (exact) mass is 396 g/mol. The Morgan fingerprint density at radius 1 is 1.03 bits per heavy atom. The van der Waals surface area contributed by atoms with E-state index in [9.17, 15) is 9.18 Å². The van der Waals surface area contributed by atoms with Crippen LogP contribution in [-0.2, 0) is 17.8 Å². The molecule has 2 aromatic carbocycles. The van der Waals surface area contributed by atoms with Crippen LogP contribution in [-0.4, -0.2) is 48.0 Å². The molecule has 5 heteroatoms. The van der Waals surface area contributed by atoms with Gasteiger partial charge in [-0.1, -0.05) is 36.4 Å². The molecule has 4 rings (SSSR count). The zero-order chi connectivity index (χ0) is 20.3. The first-order chi connectivity index (χ1) is 14.1. The van der Waals surface area contributed by atoms with E-state index >= 15 is 0 Å². The Labute approximate surface area is 172 Å². The molecule has 4 nitrogen and oxygen atoms in total. The minimum Gasteiger partial charge on any atom is -0.494 e. The summed E-state index contributed by atoms with van der Waals surface area (Å²) in [6, 6.07) is 15.4. The molecule has 1 amide bonds. The van der Waals surface area contributed by atoms with Crippen molar-refractivity contribution < 1.29 is 13.9 Å². The predicted molar refractivity (Wildman–Crippen MR) is 111 cm³/mol. The normalized spacial score (nSPS) is 22.4. The van der Waals surface area contributed by atoms with Crippen LogP contribution in [0.15, 0.2) is 48.5 Å². The highest BCUT2D eigenvalue weighted by Gasteiger charge is 2.50. The van der Waals surface area contributed by atoms with E-state index in [1.165, 1.54) is 18.7 Å². The van der Waals surface area contributed by atoms with Crippen molar-refractivity contribution in [3.8, 4) is 5.75 Å². The molecule has 0 N–H and O–H groups in total. The predicted octanol–water partition coefficient (Wildman–Crippen LogP) is 4.03. The molecule has 0 saturated carbocycles. The van der Waals surface area contributed by atoms with E-state index in [0.717, 1.165) is 57.3 Å². The summed E-state index contributed by atoms with van der Waals surface area (Å²) >= 11 is 0. The molecule has 1 atom stereocenters. The lowest BCUT2D eigenvalue weighted by Crippen LogP contribution is -2.59. The highest BCUT2D eigenvalue weighted by atomic mass is 19.1. The van der Waals surface area contributed by atoms with E-state index in [2.05, 4.69) is 17.0 Å². The fourth-order valence-electron chi connectivity index (χ4n) is 4.91. The number of carbonyl (C=O) groups is 1. The molecule has 154 valence electrons. The molecule has 0 aromatic heterocycles. The van der Waals surface area contributed by atoms with Gasteiger partial charge in [0.2, 0.25) is 5.91 Å². The molecule has 2 heterocycles. The third-order valence-corrected chi connectivity index (χ3v) is 6.43. The van der Waals surface area contributed by atoms with Gasteiger partial charge in [-0.25, -0.2) is 4.39 Å². The quantitative estimate of drug-likeness (QED) is 0.739. The minimum absolute atomic E-state index is 0.255. The Morgan fingerprint density at radius 3 is 2.52 bits per heavy atom. The topological polar surface area (TPSA) is 32.8 Å². The zero-order valence-electron chi connectivity index (χ0n) is 17.1. The Balaban J connectivity index is 1.47. The molecular weight excluding hydrogens is 367 g/mol. The van der Waals surface area contributed by atoms with Gasteiger partial charge in [0.15, 0.2) is 11.6 Å². The third-order valence-electron chi connectivity index (χ3n) is 6.43. The van der Waals surface area contributed by atoms with E-state index < -0.39 is 5.54 Å². The number of halogens is 1. The second-order valence-electron chi connectivity index (χ2n) is 8.16. The van der Waals surface area contributed by atoms with Crippen LogP contribution in [0.3, 0.4) is 0 Å². The van der Waals surface area contributed by atoms with E-state index in [1.54, 1.807) is 6.07 Å². The van der Waals surface area contributed by atoms with Crippen molar-refractivity contribution in [2.24, 2.45) is 0 Å². The van der Waals surface area contributed by atoms with Gasteiger partial charge in [-0.15, -0.1) is 0 Å². The average Bonchev–Trinajstić information content (AvgIpc) is 3.13. The second kappa shape index (κ2) is 8.54. The Hall–Kier alpha value is -2.40. The van der Waals surface area contributed by atoms with Crippen molar-refractivity contribution >= 4 is 5.91 Å². The van der Waals surface area contributed by atoms with Crippen molar-refractivity contribution in [1.82, 2.24) is 9.80 Å². The van der Waals surface area contributed by atoms with Crippen LogP contribution in [0.5, 0.6) is 5.75 Å². The molecule has 1 spiro atoms. The van der Waals surface area contributed by atoms with E-state index in [4.69, 9.17) is 4.74 Å². The van der Waals surface area contributed by atoms with Crippen molar-refractivity contribution in [2.75, 3.05) is 26.7 Å². The summed E-state index contributed by atoms with van der Waals surface area (Å²) < 4.78 is 19.2. The highest BCUT2D eigenvalue weighted by Crippen LogP contribution is 2.39. The summed E-state index contributed by atoms with van der Waals surface area (Å²) in [5, 5.41) is 0. The van der Waals surface area contributed by atoms with E-state index in [-0.39, 0.29) is 17.5 Å². The Kier molecular flexibility index (Phi) is 5.86. The maximum Gasteiger partial charge on any atom is 0.243 e. The third kappa shape index (κ3) is 4.01. The van der Waals surface area contributed by atoms with Crippen LogP contribution in [0.4, 0.5) is 4.39 Å². The van der Waals surface area contributed by atoms with Crippen LogP contribution in [0.1, 0.15) is 36.8 Å². The van der Waals surface area contributed by atoms with Crippen molar-refractivity contribution in [2.45, 2.75) is 44.2 Å². The fraction of sp³-hybridized carbons (Fsp3) is 0.458. The molecule has 2 saturated heterocycles. The van der Waals surface area contributed by atoms with Gasteiger partial charge in [0.05, 0.1) is 7.11 Å². The maximum atomic E-state index is 14.1. The number of carbonyl (C=O) groups excluding carboxylic acids is 1. The van der Waals surface area contributed by atoms with Crippen LogP contribution in [0.25, 0.3) is 0 Å². The Morgan fingerprint density at radius 2 is 1.79 bits per heavy atom. The van der Waals surface area contributed by atoms with Crippen molar-refractivity contribution in [3.63, 3.8) is 0 Å². The lowest BCUT2D eigenvalue weighted by atomic mass is 9.85. The van der Waals surface area contributed by atoms with Gasteiger partial charge in [-0.2, -0.15) is 0 Å². The summed E-state index contributed by atoms with van der Waals surface area (Å²) in [6.45, 7) is 3.07. The van der Waals surface area contributed by atoms with Gasteiger partial charge in [-0.05, 0) is 61.9 Å². The van der Waals surface area contributed by atoms with Gasteiger partial charge in [0.25, 0.3) is 0 Å². The number of hydrogen-bond donors (Lipinski definition) is 0. The standard InChI is InChI=1S/C24H29FN2O2/c1-29-22-10-9-20(17-21(22)25)18-27-15-6-13-24(27)12-5-14-26(23(24)28)16-11-19-7-3-2-4-8-19/h2-4,7-10,17H,5-6,11-16,18H2,1H3. The SMILES string of the molecule is COc1ccc(CN2CCCC23CCCN(CCc2ccccc2)C3=O)cc1F. The van der Waals surface area contributed by atoms with Crippen LogP contribution in [0.2, 0.25) is 0 Å². The van der Waals surface area contributed by atoms with Gasteiger partial charge in [-0.3, -0.25) is 9.69 Å². The van der Waals surface area contributed by atoms with E-state index in [1.807, 2.05) is 29.2 Å². The summed E-state index contributed by atoms with van der Waals surface area (Å²) in [5.74, 6) is 0.162. The summed E-state index contributed by atoms with van der Waals surface area (Å²) in [6.07, 6.45) is 4.70. The molecule has 29 heavy (non-hydrogen) atoms. The largest absolute Gasteiger partial charge is 0.494 e. The number of rotatable bonds is 6. The van der Waals surface area contributed by atoms with Gasteiger partial charge >= 0.3 is 0 Å². The summed E-state index contributed by atoms with van der Waals surface area (Å²) in [4.78, 5) is 17.9. The average molecular weight is 397 g/mol. The van der Waals surface area contributed by atoms with Crippen molar-refractivity contribution in [3.05, 3.63) is 65.5 Å². The number of amides is 1. The fourth-order valence-corrected chi connectivity index (χ4v) is 4.91. The molecule has 2 aromatic rings.